The lowest BCUT2D eigenvalue weighted by molar-refractivity contribution is -0.140. The fraction of sp³-hybridized carbons (Fsp3) is 0.533. The van der Waals surface area contributed by atoms with Crippen LogP contribution in [0.1, 0.15) is 44.7 Å². The fourth-order valence-electron chi connectivity index (χ4n) is 2.31. The fourth-order valence-corrected chi connectivity index (χ4v) is 2.31. The predicted molar refractivity (Wildman–Crippen MR) is 68.1 cm³/mol. The van der Waals surface area contributed by atoms with Crippen molar-refractivity contribution in [2.45, 2.75) is 45.4 Å². The zero-order valence-electron chi connectivity index (χ0n) is 10.8. The zero-order valence-corrected chi connectivity index (χ0v) is 10.8. The molecule has 0 saturated heterocycles. The van der Waals surface area contributed by atoms with E-state index in [-0.39, 0.29) is 5.41 Å². The van der Waals surface area contributed by atoms with Gasteiger partial charge in [0, 0.05) is 0 Å². The number of hydrogen-bond donors (Lipinski definition) is 1. The van der Waals surface area contributed by atoms with E-state index >= 15 is 0 Å². The van der Waals surface area contributed by atoms with Gasteiger partial charge in [-0.3, -0.25) is 4.79 Å². The van der Waals surface area contributed by atoms with E-state index in [9.17, 15) is 9.90 Å². The van der Waals surface area contributed by atoms with Crippen molar-refractivity contribution in [1.29, 1.82) is 0 Å². The largest absolute Gasteiger partial charge is 0.481 e. The van der Waals surface area contributed by atoms with Crippen LogP contribution in [0.15, 0.2) is 24.3 Å². The normalized spacial score (nSPS) is 17.8. The van der Waals surface area contributed by atoms with Gasteiger partial charge in [-0.15, -0.1) is 0 Å². The Morgan fingerprint density at radius 1 is 1.24 bits per heavy atom. The standard InChI is InChI=1S/C15H20O2/c1-14(2,3)10-11-4-6-12(7-5-11)15(8-9-15)13(16)17/h4-7H,8-10H2,1-3H3,(H,16,17). The van der Waals surface area contributed by atoms with E-state index in [1.54, 1.807) is 0 Å². The smallest absolute Gasteiger partial charge is 0.314 e. The summed E-state index contributed by atoms with van der Waals surface area (Å²) in [6.07, 6.45) is 2.58. The second kappa shape index (κ2) is 3.86. The Bertz CT molecular complexity index is 419. The molecule has 0 spiro atoms. The van der Waals surface area contributed by atoms with Gasteiger partial charge in [0.15, 0.2) is 0 Å². The van der Waals surface area contributed by atoms with Crippen LogP contribution in [0.4, 0.5) is 0 Å². The van der Waals surface area contributed by atoms with Crippen LogP contribution in [0, 0.1) is 5.41 Å². The highest BCUT2D eigenvalue weighted by molar-refractivity contribution is 5.84. The monoisotopic (exact) mass is 232 g/mol. The molecule has 1 saturated carbocycles. The summed E-state index contributed by atoms with van der Waals surface area (Å²) >= 11 is 0. The van der Waals surface area contributed by atoms with Crippen LogP contribution in [0.25, 0.3) is 0 Å². The van der Waals surface area contributed by atoms with E-state index in [0.29, 0.717) is 0 Å². The summed E-state index contributed by atoms with van der Waals surface area (Å²) < 4.78 is 0. The molecule has 0 bridgehead atoms. The topological polar surface area (TPSA) is 37.3 Å². The molecule has 92 valence electrons. The molecule has 0 aliphatic heterocycles. The highest BCUT2D eigenvalue weighted by Gasteiger charge is 2.51. The predicted octanol–water partition coefficient (Wildman–Crippen LogP) is 3.39. The quantitative estimate of drug-likeness (QED) is 0.867. The minimum atomic E-state index is -0.680. The van der Waals surface area contributed by atoms with Gasteiger partial charge in [-0.25, -0.2) is 0 Å². The molecular weight excluding hydrogens is 212 g/mol. The third kappa shape index (κ3) is 2.51. The molecule has 0 unspecified atom stereocenters. The second-order valence-corrected chi connectivity index (χ2v) is 6.32. The average molecular weight is 232 g/mol. The Labute approximate surface area is 103 Å². The van der Waals surface area contributed by atoms with Gasteiger partial charge < -0.3 is 5.11 Å². The molecule has 1 aromatic rings. The van der Waals surface area contributed by atoms with Gasteiger partial charge in [-0.1, -0.05) is 45.0 Å². The number of rotatable bonds is 3. The second-order valence-electron chi connectivity index (χ2n) is 6.32. The summed E-state index contributed by atoms with van der Waals surface area (Å²) in [6.45, 7) is 6.63. The van der Waals surface area contributed by atoms with Crippen molar-refractivity contribution in [3.8, 4) is 0 Å². The molecule has 1 aliphatic carbocycles. The van der Waals surface area contributed by atoms with Crippen molar-refractivity contribution in [3.05, 3.63) is 35.4 Å². The third-order valence-electron chi connectivity index (χ3n) is 3.40. The van der Waals surface area contributed by atoms with Crippen molar-refractivity contribution < 1.29 is 9.90 Å². The van der Waals surface area contributed by atoms with Crippen LogP contribution >= 0.6 is 0 Å². The molecule has 17 heavy (non-hydrogen) atoms. The van der Waals surface area contributed by atoms with Gasteiger partial charge in [0.2, 0.25) is 0 Å². The first-order valence-electron chi connectivity index (χ1n) is 6.16. The molecule has 2 nitrogen and oxygen atoms in total. The third-order valence-corrected chi connectivity index (χ3v) is 3.40. The van der Waals surface area contributed by atoms with E-state index in [2.05, 4.69) is 32.9 Å². The van der Waals surface area contributed by atoms with Crippen molar-refractivity contribution >= 4 is 5.97 Å². The summed E-state index contributed by atoms with van der Waals surface area (Å²) in [6, 6.07) is 8.12. The maximum atomic E-state index is 11.2. The first kappa shape index (κ1) is 12.2. The molecule has 1 fully saturated rings. The summed E-state index contributed by atoms with van der Waals surface area (Å²) in [5.41, 5.74) is 1.94. The molecular formula is C15H20O2. The van der Waals surface area contributed by atoms with Gasteiger partial charge in [0.1, 0.15) is 0 Å². The number of carboxylic acid groups (broad SMARTS) is 1. The first-order valence-corrected chi connectivity index (χ1v) is 6.16. The van der Waals surface area contributed by atoms with Crippen molar-refractivity contribution in [2.24, 2.45) is 5.41 Å². The lowest BCUT2D eigenvalue weighted by Crippen LogP contribution is -2.19. The molecule has 1 aliphatic rings. The van der Waals surface area contributed by atoms with E-state index in [1.807, 2.05) is 12.1 Å². The zero-order chi connectivity index (χ0) is 12.7. The lowest BCUT2D eigenvalue weighted by atomic mass is 9.87. The molecule has 0 radical (unpaired) electrons. The highest BCUT2D eigenvalue weighted by Crippen LogP contribution is 2.48. The Morgan fingerprint density at radius 2 is 1.76 bits per heavy atom. The minimum Gasteiger partial charge on any atom is -0.481 e. The average Bonchev–Trinajstić information content (AvgIpc) is 2.97. The Morgan fingerprint density at radius 3 is 2.12 bits per heavy atom. The van der Waals surface area contributed by atoms with E-state index in [1.165, 1.54) is 5.56 Å². The first-order chi connectivity index (χ1) is 7.83. The van der Waals surface area contributed by atoms with E-state index < -0.39 is 11.4 Å². The lowest BCUT2D eigenvalue weighted by Gasteiger charge is -2.18. The number of carboxylic acids is 1. The molecule has 1 N–H and O–H groups in total. The van der Waals surface area contributed by atoms with Crippen LogP contribution in [0.5, 0.6) is 0 Å². The Kier molecular flexibility index (Phi) is 2.76. The Hall–Kier alpha value is -1.31. The van der Waals surface area contributed by atoms with Crippen LogP contribution in [-0.2, 0) is 16.6 Å². The van der Waals surface area contributed by atoms with E-state index in [0.717, 1.165) is 24.8 Å². The number of carbonyl (C=O) groups is 1. The molecule has 1 aromatic carbocycles. The summed E-state index contributed by atoms with van der Waals surface area (Å²) in [4.78, 5) is 11.2. The van der Waals surface area contributed by atoms with Crippen LogP contribution in [-0.4, -0.2) is 11.1 Å². The molecule has 0 aromatic heterocycles. The van der Waals surface area contributed by atoms with Gasteiger partial charge in [-0.05, 0) is 35.8 Å². The van der Waals surface area contributed by atoms with Crippen molar-refractivity contribution in [2.75, 3.05) is 0 Å². The van der Waals surface area contributed by atoms with Crippen molar-refractivity contribution in [1.82, 2.24) is 0 Å². The van der Waals surface area contributed by atoms with E-state index in [4.69, 9.17) is 0 Å². The summed E-state index contributed by atoms with van der Waals surface area (Å²) in [5, 5.41) is 9.21. The number of aliphatic carboxylic acids is 1. The van der Waals surface area contributed by atoms with Gasteiger partial charge in [0.25, 0.3) is 0 Å². The maximum Gasteiger partial charge on any atom is 0.314 e. The highest BCUT2D eigenvalue weighted by atomic mass is 16.4. The maximum absolute atomic E-state index is 11.2. The van der Waals surface area contributed by atoms with Crippen LogP contribution in [0.2, 0.25) is 0 Å². The molecule has 0 heterocycles. The molecule has 0 atom stereocenters. The van der Waals surface area contributed by atoms with Gasteiger partial charge in [-0.2, -0.15) is 0 Å². The van der Waals surface area contributed by atoms with Crippen LogP contribution < -0.4 is 0 Å². The summed E-state index contributed by atoms with van der Waals surface area (Å²) in [5.74, 6) is -0.680. The molecule has 0 amide bonds. The number of hydrogen-bond acceptors (Lipinski definition) is 1. The molecule has 2 rings (SSSR count). The summed E-state index contributed by atoms with van der Waals surface area (Å²) in [7, 11) is 0. The molecule has 2 heteroatoms. The van der Waals surface area contributed by atoms with Crippen molar-refractivity contribution in [3.63, 3.8) is 0 Å². The van der Waals surface area contributed by atoms with Gasteiger partial charge >= 0.3 is 5.97 Å². The minimum absolute atomic E-state index is 0.269. The SMILES string of the molecule is CC(C)(C)Cc1ccc(C2(C(=O)O)CC2)cc1. The van der Waals surface area contributed by atoms with Gasteiger partial charge in [0.05, 0.1) is 5.41 Å². The van der Waals surface area contributed by atoms with Crippen LogP contribution in [0.3, 0.4) is 0 Å². The Balaban J connectivity index is 2.17. The number of benzene rings is 1.